The summed E-state index contributed by atoms with van der Waals surface area (Å²) < 4.78 is 16.2. The van der Waals surface area contributed by atoms with E-state index in [9.17, 15) is 130 Å². The Balaban J connectivity index is 5.72. The summed E-state index contributed by atoms with van der Waals surface area (Å²) in [5, 5.41) is 206. The molecule has 17 atom stereocenters. The van der Waals surface area contributed by atoms with E-state index in [1.807, 2.05) is 0 Å². The van der Waals surface area contributed by atoms with Crippen molar-refractivity contribution in [3.63, 3.8) is 0 Å². The Morgan fingerprint density at radius 3 is 1.09 bits per heavy atom. The normalized spacial score (nSPS) is 17.0. The van der Waals surface area contributed by atoms with E-state index < -0.39 is 243 Å². The van der Waals surface area contributed by atoms with Crippen molar-refractivity contribution in [1.29, 1.82) is 0 Å². The van der Waals surface area contributed by atoms with E-state index in [0.29, 0.717) is 0 Å². The van der Waals surface area contributed by atoms with E-state index in [0.717, 1.165) is 34.3 Å². The van der Waals surface area contributed by atoms with Crippen LogP contribution in [0.25, 0.3) is 0 Å². The molecule has 98 heavy (non-hydrogen) atoms. The molecule has 0 spiro atoms. The minimum absolute atomic E-state index is 0.00334. The predicted molar refractivity (Wildman–Crippen MR) is 335 cm³/mol. The molecule has 0 heterocycles. The summed E-state index contributed by atoms with van der Waals surface area (Å²) >= 11 is 0. The molecule has 574 valence electrons. The number of likely N-dealkylation sites (N-methyl/N-ethyl adjacent to an activating group) is 7. The van der Waals surface area contributed by atoms with Crippen LogP contribution in [0.2, 0.25) is 0 Å². The molecule has 0 radical (unpaired) electrons. The lowest BCUT2D eigenvalue weighted by Gasteiger charge is -2.35. The van der Waals surface area contributed by atoms with Gasteiger partial charge in [-0.25, -0.2) is 0 Å². The molecular weight excluding hydrogens is 1320 g/mol. The lowest BCUT2D eigenvalue weighted by Crippen LogP contribution is -2.54. The first kappa shape index (κ1) is 92.8. The monoisotopic (exact) mass is 1430 g/mol. The number of aliphatic hydroxyl groups excluding tert-OH is 20. The van der Waals surface area contributed by atoms with Gasteiger partial charge < -0.3 is 161 Å². The van der Waals surface area contributed by atoms with Crippen LogP contribution in [0.3, 0.4) is 0 Å². The SMILES string of the molecule is CNCC(=O)N(C)CC(=O)N(C)CC(=O)N(C)C(CCCN(C[C@H](O)[C@@H](O)[C@H](O)[C@H](O)CO)C[C@H](O)[C@@H](O)[C@H](O)[C@H](O)CO)C(=O)N(C)CC(=O)N(C)CC(=O)N(C)CC(=O)NCCOCCOCCOCCC(=O)N(C[C@H](O)[C@@H](O)[C@H](O)[C@H](O)CO)C[C@H](O)[C@@H](O)[C@H](O)[C@H](O)CO. The van der Waals surface area contributed by atoms with Crippen LogP contribution in [0, 0.1) is 0 Å². The van der Waals surface area contributed by atoms with E-state index in [1.165, 1.54) is 54.2 Å². The van der Waals surface area contributed by atoms with Crippen LogP contribution in [0.5, 0.6) is 0 Å². The van der Waals surface area contributed by atoms with E-state index in [1.54, 1.807) is 0 Å². The molecule has 0 saturated heterocycles. The number of carbonyl (C=O) groups excluding carboxylic acids is 8. The fourth-order valence-corrected chi connectivity index (χ4v) is 9.02. The lowest BCUT2D eigenvalue weighted by atomic mass is 10.0. The molecule has 0 fully saturated rings. The van der Waals surface area contributed by atoms with E-state index >= 15 is 0 Å². The summed E-state index contributed by atoms with van der Waals surface area (Å²) in [6, 6.07) is -1.46. The first-order chi connectivity index (χ1) is 45.9. The number of rotatable bonds is 54. The van der Waals surface area contributed by atoms with Gasteiger partial charge in [0.2, 0.25) is 47.3 Å². The van der Waals surface area contributed by atoms with Gasteiger partial charge in [0.1, 0.15) is 91.5 Å². The van der Waals surface area contributed by atoms with Gasteiger partial charge in [-0.2, -0.15) is 0 Å². The second-order valence-corrected chi connectivity index (χ2v) is 23.6. The molecule has 41 nitrogen and oxygen atoms in total. The standard InChI is InChI=1S/C57H110N10O31/c1-58-19-44(82)61(3)25-46(84)63(5)28-48(86)65(7)33(9-8-12-66(20-34(72)49(87)53(91)38(76)29-68)21-35(73)50(88)54(92)39(77)30-69)57(95)64(6)27-47(85)62(4)26-45(83)60(2)24-42(80)59-11-14-97-16-18-98-17-15-96-13-10-43(81)67(22-36(74)51(89)55(93)40(78)31-70)23-37(75)52(90)56(94)41(79)32-71/h33-41,49-56,58,68-79,87-94H,8-32H2,1-7H3,(H,59,80)/t33?,34-,35-,36-,37-,38+,39+,40+,41+,49+,50+,51+,52+,53+,54+,55+,56+/m0/s1. The molecule has 0 aromatic carbocycles. The highest BCUT2D eigenvalue weighted by atomic mass is 16.5. The second-order valence-electron chi connectivity index (χ2n) is 23.6. The zero-order chi connectivity index (χ0) is 75.3. The Morgan fingerprint density at radius 2 is 0.704 bits per heavy atom. The van der Waals surface area contributed by atoms with Crippen LogP contribution in [0.15, 0.2) is 0 Å². The van der Waals surface area contributed by atoms with Gasteiger partial charge in [0.15, 0.2) is 0 Å². The molecule has 0 aromatic heterocycles. The Bertz CT molecular complexity index is 2260. The zero-order valence-electron chi connectivity index (χ0n) is 56.5. The Hall–Kier alpha value is -5.24. The number of carbonyl (C=O) groups is 8. The number of hydrogen-bond donors (Lipinski definition) is 22. The molecule has 0 aliphatic heterocycles. The number of amides is 8. The smallest absolute Gasteiger partial charge is 0.245 e. The van der Waals surface area contributed by atoms with E-state index in [2.05, 4.69) is 10.6 Å². The molecule has 0 bridgehead atoms. The van der Waals surface area contributed by atoms with Gasteiger partial charge in [-0.05, 0) is 26.4 Å². The topological polar surface area (TPSA) is 619 Å². The molecule has 0 rings (SSSR count). The van der Waals surface area contributed by atoms with Crippen LogP contribution in [0.1, 0.15) is 19.3 Å². The molecular formula is C57H110N10O31. The van der Waals surface area contributed by atoms with Gasteiger partial charge >= 0.3 is 0 Å². The second kappa shape index (κ2) is 49.3. The maximum Gasteiger partial charge on any atom is 0.245 e. The van der Waals surface area contributed by atoms with E-state index in [4.69, 9.17) is 24.4 Å². The summed E-state index contributed by atoms with van der Waals surface area (Å²) in [7, 11) is 9.12. The fourth-order valence-electron chi connectivity index (χ4n) is 9.02. The van der Waals surface area contributed by atoms with Gasteiger partial charge in [-0.1, -0.05) is 0 Å². The van der Waals surface area contributed by atoms with Crippen molar-refractivity contribution < 1.29 is 155 Å². The average molecular weight is 1430 g/mol. The number of nitrogens with one attached hydrogen (secondary N) is 2. The quantitative estimate of drug-likeness (QED) is 0.0251. The summed E-state index contributed by atoms with van der Waals surface area (Å²) in [4.78, 5) is 114. The van der Waals surface area contributed by atoms with Gasteiger partial charge in [0, 0.05) is 75.0 Å². The Kier molecular flexibility index (Phi) is 46.7. The van der Waals surface area contributed by atoms with Crippen molar-refractivity contribution >= 4 is 47.3 Å². The molecule has 1 unspecified atom stereocenters. The summed E-state index contributed by atoms with van der Waals surface area (Å²) in [6.07, 6.45) is -33.0. The van der Waals surface area contributed by atoms with Gasteiger partial charge in [0.05, 0.1) is 124 Å². The number of aliphatic hydroxyl groups is 20. The minimum atomic E-state index is -2.11. The predicted octanol–water partition coefficient (Wildman–Crippen LogP) is -16.5. The van der Waals surface area contributed by atoms with Crippen LogP contribution >= 0.6 is 0 Å². The van der Waals surface area contributed by atoms with Crippen molar-refractivity contribution in [2.45, 2.75) is 123 Å². The van der Waals surface area contributed by atoms with Gasteiger partial charge in [-0.3, -0.25) is 43.3 Å². The maximum absolute atomic E-state index is 14.4. The van der Waals surface area contributed by atoms with Crippen LogP contribution in [-0.2, 0) is 52.6 Å². The molecule has 8 amide bonds. The van der Waals surface area contributed by atoms with Crippen molar-refractivity contribution in [2.75, 3.05) is 194 Å². The summed E-state index contributed by atoms with van der Waals surface area (Å²) in [5.41, 5.74) is 0. The third kappa shape index (κ3) is 34.0. The largest absolute Gasteiger partial charge is 0.394 e. The van der Waals surface area contributed by atoms with Crippen molar-refractivity contribution in [3.05, 3.63) is 0 Å². The van der Waals surface area contributed by atoms with Crippen molar-refractivity contribution in [1.82, 2.24) is 49.8 Å². The highest BCUT2D eigenvalue weighted by molar-refractivity contribution is 5.93. The molecule has 0 aliphatic rings. The van der Waals surface area contributed by atoms with Crippen LogP contribution < -0.4 is 10.6 Å². The maximum atomic E-state index is 14.4. The number of hydrogen-bond acceptors (Lipinski definition) is 33. The first-order valence-electron chi connectivity index (χ1n) is 31.3. The minimum Gasteiger partial charge on any atom is -0.394 e. The van der Waals surface area contributed by atoms with Crippen LogP contribution in [-0.4, -0.2) is 486 Å². The average Bonchev–Trinajstić information content (AvgIpc) is 0.859. The number of ether oxygens (including phenoxy) is 3. The van der Waals surface area contributed by atoms with Gasteiger partial charge in [0.25, 0.3) is 0 Å². The summed E-state index contributed by atoms with van der Waals surface area (Å²) in [5.74, 6) is -5.70. The lowest BCUT2D eigenvalue weighted by molar-refractivity contribution is -0.149. The number of nitrogens with zero attached hydrogens (tertiary/aromatic N) is 8. The van der Waals surface area contributed by atoms with E-state index in [-0.39, 0.29) is 72.1 Å². The molecule has 0 aromatic rings. The summed E-state index contributed by atoms with van der Waals surface area (Å²) in [6.45, 7) is -10.3. The molecule has 22 N–H and O–H groups in total. The van der Waals surface area contributed by atoms with Crippen molar-refractivity contribution in [2.24, 2.45) is 0 Å². The van der Waals surface area contributed by atoms with Gasteiger partial charge in [-0.15, -0.1) is 0 Å². The third-order valence-electron chi connectivity index (χ3n) is 15.5. The Labute approximate surface area is 567 Å². The highest BCUT2D eigenvalue weighted by Gasteiger charge is 2.39. The fraction of sp³-hybridized carbons (Fsp3) is 0.860. The first-order valence-corrected chi connectivity index (χ1v) is 31.3. The molecule has 0 aliphatic carbocycles. The molecule has 41 heteroatoms. The van der Waals surface area contributed by atoms with Crippen molar-refractivity contribution in [3.8, 4) is 0 Å². The Morgan fingerprint density at radius 1 is 0.378 bits per heavy atom. The highest BCUT2D eigenvalue weighted by Crippen LogP contribution is 2.17. The molecule has 0 saturated carbocycles. The zero-order valence-corrected chi connectivity index (χ0v) is 56.5. The third-order valence-corrected chi connectivity index (χ3v) is 15.5. The van der Waals surface area contributed by atoms with Crippen LogP contribution in [0.4, 0.5) is 0 Å².